The number of carbonyl (C=O) groups is 1. The van der Waals surface area contributed by atoms with Gasteiger partial charge in [0.25, 0.3) is 0 Å². The van der Waals surface area contributed by atoms with Crippen LogP contribution in [0.4, 0.5) is 11.6 Å². The van der Waals surface area contributed by atoms with Crippen LogP contribution in [0.25, 0.3) is 22.0 Å². The summed E-state index contributed by atoms with van der Waals surface area (Å²) < 4.78 is 6.56. The van der Waals surface area contributed by atoms with Gasteiger partial charge in [-0.15, -0.1) is 0 Å². The van der Waals surface area contributed by atoms with Crippen molar-refractivity contribution in [1.29, 1.82) is 0 Å². The van der Waals surface area contributed by atoms with E-state index in [1.165, 1.54) is 0 Å². The van der Waals surface area contributed by atoms with Gasteiger partial charge in [-0.25, -0.2) is 15.0 Å². The first-order chi connectivity index (χ1) is 18.6. The van der Waals surface area contributed by atoms with E-state index in [1.54, 1.807) is 12.4 Å². The molecule has 0 saturated carbocycles. The van der Waals surface area contributed by atoms with Crippen molar-refractivity contribution in [2.24, 2.45) is 5.92 Å². The van der Waals surface area contributed by atoms with Crippen molar-refractivity contribution >= 4 is 28.3 Å². The fraction of sp³-hybridized carbons (Fsp3) is 0.333. The van der Waals surface area contributed by atoms with Gasteiger partial charge in [0.1, 0.15) is 5.75 Å². The van der Waals surface area contributed by atoms with Crippen molar-refractivity contribution in [2.75, 3.05) is 29.9 Å². The molecule has 8 nitrogen and oxygen atoms in total. The molecule has 6 rings (SSSR count). The van der Waals surface area contributed by atoms with E-state index in [0.717, 1.165) is 77.9 Å². The number of hydrogen-bond donors (Lipinski definition) is 2. The second kappa shape index (κ2) is 10.4. The van der Waals surface area contributed by atoms with Gasteiger partial charge in [-0.05, 0) is 62.6 Å². The van der Waals surface area contributed by atoms with Crippen LogP contribution >= 0.6 is 0 Å². The van der Waals surface area contributed by atoms with Gasteiger partial charge in [-0.3, -0.25) is 4.79 Å². The Labute approximate surface area is 222 Å². The van der Waals surface area contributed by atoms with Crippen molar-refractivity contribution in [1.82, 2.24) is 20.3 Å². The number of amides is 1. The molecule has 8 heteroatoms. The first-order valence-electron chi connectivity index (χ1n) is 13.4. The SMILES string of the molecule is Cc1ccc2c(N3CC[C@H](C)C3=O)cccc2c1Oc1ncccc1-c1ccnc(N[C@H]2CCCNC2)n1. The van der Waals surface area contributed by atoms with E-state index in [1.807, 2.05) is 61.2 Å². The smallest absolute Gasteiger partial charge is 0.229 e. The molecule has 4 heterocycles. The molecule has 2 aliphatic rings. The summed E-state index contributed by atoms with van der Waals surface area (Å²) in [7, 11) is 0. The van der Waals surface area contributed by atoms with Gasteiger partial charge < -0.3 is 20.3 Å². The number of aromatic nitrogens is 3. The van der Waals surface area contributed by atoms with Crippen LogP contribution in [0.1, 0.15) is 31.7 Å². The Morgan fingerprint density at radius 3 is 2.76 bits per heavy atom. The fourth-order valence-corrected chi connectivity index (χ4v) is 5.35. The molecule has 0 spiro atoms. The Morgan fingerprint density at radius 1 is 1.03 bits per heavy atom. The number of carbonyl (C=O) groups excluding carboxylic acids is 1. The van der Waals surface area contributed by atoms with Crippen LogP contribution in [0.2, 0.25) is 0 Å². The Kier molecular flexibility index (Phi) is 6.64. The summed E-state index contributed by atoms with van der Waals surface area (Å²) in [6.45, 7) is 6.71. The third kappa shape index (κ3) is 4.67. The van der Waals surface area contributed by atoms with Crippen LogP contribution in [-0.2, 0) is 4.79 Å². The largest absolute Gasteiger partial charge is 0.437 e. The minimum absolute atomic E-state index is 0.0455. The first kappa shape index (κ1) is 24.3. The molecule has 0 bridgehead atoms. The van der Waals surface area contributed by atoms with Crippen LogP contribution in [0.3, 0.4) is 0 Å². The molecule has 1 amide bonds. The van der Waals surface area contributed by atoms with E-state index in [-0.39, 0.29) is 11.8 Å². The third-order valence-electron chi connectivity index (χ3n) is 7.48. The molecule has 2 saturated heterocycles. The molecule has 0 radical (unpaired) electrons. The zero-order chi connectivity index (χ0) is 26.1. The van der Waals surface area contributed by atoms with Gasteiger partial charge in [0.15, 0.2) is 0 Å². The highest BCUT2D eigenvalue weighted by Gasteiger charge is 2.30. The molecule has 0 aliphatic carbocycles. The second-order valence-corrected chi connectivity index (χ2v) is 10.2. The first-order valence-corrected chi connectivity index (χ1v) is 13.4. The fourth-order valence-electron chi connectivity index (χ4n) is 5.35. The summed E-state index contributed by atoms with van der Waals surface area (Å²) in [5.74, 6) is 2.02. The number of pyridine rings is 1. The van der Waals surface area contributed by atoms with E-state index in [0.29, 0.717) is 17.9 Å². The molecule has 38 heavy (non-hydrogen) atoms. The van der Waals surface area contributed by atoms with E-state index < -0.39 is 0 Å². The summed E-state index contributed by atoms with van der Waals surface area (Å²) in [5, 5.41) is 8.80. The minimum Gasteiger partial charge on any atom is -0.437 e. The lowest BCUT2D eigenvalue weighted by atomic mass is 10.0. The highest BCUT2D eigenvalue weighted by molar-refractivity contribution is 6.07. The number of piperidine rings is 1. The number of benzene rings is 2. The van der Waals surface area contributed by atoms with Gasteiger partial charge in [-0.1, -0.05) is 31.2 Å². The van der Waals surface area contributed by atoms with Crippen LogP contribution in [0, 0.1) is 12.8 Å². The molecule has 2 aliphatic heterocycles. The molecule has 2 atom stereocenters. The molecule has 4 aromatic rings. The maximum Gasteiger partial charge on any atom is 0.229 e. The third-order valence-corrected chi connectivity index (χ3v) is 7.48. The quantitative estimate of drug-likeness (QED) is 0.364. The summed E-state index contributed by atoms with van der Waals surface area (Å²) in [6, 6.07) is 16.2. The average Bonchev–Trinajstić information content (AvgIpc) is 3.28. The van der Waals surface area contributed by atoms with Gasteiger partial charge in [0.2, 0.25) is 17.7 Å². The molecule has 2 aromatic carbocycles. The predicted octanol–water partition coefficient (Wildman–Crippen LogP) is 5.33. The van der Waals surface area contributed by atoms with Gasteiger partial charge in [0.05, 0.1) is 16.9 Å². The summed E-state index contributed by atoms with van der Waals surface area (Å²) in [5.41, 5.74) is 3.44. The lowest BCUT2D eigenvalue weighted by Gasteiger charge is -2.23. The topological polar surface area (TPSA) is 92.3 Å². The lowest BCUT2D eigenvalue weighted by molar-refractivity contribution is -0.119. The minimum atomic E-state index is 0.0455. The predicted molar refractivity (Wildman–Crippen MR) is 150 cm³/mol. The lowest BCUT2D eigenvalue weighted by Crippen LogP contribution is -2.38. The maximum atomic E-state index is 12.8. The molecule has 0 unspecified atom stereocenters. The standard InChI is InChI=1S/C30H32N6O2/c1-19-10-11-22-23(7-3-9-26(22)36-17-13-20(2)29(36)37)27(19)38-28-24(8-5-15-32-28)25-12-16-33-30(35-25)34-21-6-4-14-31-18-21/h3,5,7-12,15-16,20-21,31H,4,6,13-14,17-18H2,1-2H3,(H,33,34,35)/t20-,21-/m0/s1. The number of rotatable bonds is 6. The average molecular weight is 509 g/mol. The molecule has 194 valence electrons. The number of aryl methyl sites for hydroxylation is 1. The Hall–Kier alpha value is -4.04. The molecular formula is C30H32N6O2. The second-order valence-electron chi connectivity index (χ2n) is 10.2. The van der Waals surface area contributed by atoms with E-state index in [9.17, 15) is 4.79 Å². The van der Waals surface area contributed by atoms with Gasteiger partial charge in [-0.2, -0.15) is 0 Å². The van der Waals surface area contributed by atoms with Crippen molar-refractivity contribution in [2.45, 2.75) is 39.2 Å². The number of fused-ring (bicyclic) bond motifs is 1. The molecule has 2 aromatic heterocycles. The van der Waals surface area contributed by atoms with E-state index in [2.05, 4.69) is 26.7 Å². The highest BCUT2D eigenvalue weighted by atomic mass is 16.5. The van der Waals surface area contributed by atoms with Crippen molar-refractivity contribution in [3.05, 3.63) is 66.5 Å². The van der Waals surface area contributed by atoms with Crippen molar-refractivity contribution in [3.8, 4) is 22.9 Å². The Bertz CT molecular complexity index is 1480. The van der Waals surface area contributed by atoms with E-state index >= 15 is 0 Å². The number of anilines is 2. The van der Waals surface area contributed by atoms with E-state index in [4.69, 9.17) is 9.72 Å². The molecule has 2 N–H and O–H groups in total. The summed E-state index contributed by atoms with van der Waals surface area (Å²) >= 11 is 0. The number of hydrogen-bond acceptors (Lipinski definition) is 7. The molecular weight excluding hydrogens is 476 g/mol. The number of ether oxygens (including phenoxy) is 1. The van der Waals surface area contributed by atoms with Crippen LogP contribution in [0.15, 0.2) is 60.9 Å². The zero-order valence-electron chi connectivity index (χ0n) is 21.8. The van der Waals surface area contributed by atoms with Crippen molar-refractivity contribution < 1.29 is 9.53 Å². The van der Waals surface area contributed by atoms with Crippen LogP contribution in [0.5, 0.6) is 11.6 Å². The molecule has 2 fully saturated rings. The van der Waals surface area contributed by atoms with Crippen molar-refractivity contribution in [3.63, 3.8) is 0 Å². The monoisotopic (exact) mass is 508 g/mol. The van der Waals surface area contributed by atoms with Crippen LogP contribution < -0.4 is 20.3 Å². The van der Waals surface area contributed by atoms with Gasteiger partial charge >= 0.3 is 0 Å². The number of nitrogens with zero attached hydrogens (tertiary/aromatic N) is 4. The van der Waals surface area contributed by atoms with Crippen LogP contribution in [-0.4, -0.2) is 46.5 Å². The Balaban J connectivity index is 1.35. The summed E-state index contributed by atoms with van der Waals surface area (Å²) in [6.07, 6.45) is 6.58. The Morgan fingerprint density at radius 2 is 1.95 bits per heavy atom. The van der Waals surface area contributed by atoms with Gasteiger partial charge in [0, 0.05) is 48.2 Å². The normalized spacial score (nSPS) is 19.6. The zero-order valence-corrected chi connectivity index (χ0v) is 21.8. The number of nitrogens with one attached hydrogen (secondary N) is 2. The maximum absolute atomic E-state index is 12.8. The summed E-state index contributed by atoms with van der Waals surface area (Å²) in [4.78, 5) is 28.5. The highest BCUT2D eigenvalue weighted by Crippen LogP contribution is 2.40.